The molecule has 0 spiro atoms. The number of rotatable bonds is 10. The normalized spacial score (nSPS) is 13.7. The molecule has 2 atom stereocenters. The molecule has 18 heavy (non-hydrogen) atoms. The van der Waals surface area contributed by atoms with Crippen LogP contribution in [0.3, 0.4) is 0 Å². The minimum Gasteiger partial charge on any atom is -0.465 e. The first-order valence-corrected chi connectivity index (χ1v) is 6.89. The Kier molecular flexibility index (Phi) is 9.35. The second kappa shape index (κ2) is 9.93. The third kappa shape index (κ3) is 9.03. The van der Waals surface area contributed by atoms with E-state index in [0.717, 1.165) is 32.1 Å². The minimum atomic E-state index is -0.0674. The Morgan fingerprint density at radius 3 is 2.56 bits per heavy atom. The number of carbonyl (C=O) groups excluding carboxylic acids is 1. The van der Waals surface area contributed by atoms with Crippen molar-refractivity contribution in [2.24, 2.45) is 11.8 Å². The van der Waals surface area contributed by atoms with E-state index in [-0.39, 0.29) is 11.9 Å². The summed E-state index contributed by atoms with van der Waals surface area (Å²) in [5.41, 5.74) is 1.17. The molecule has 0 aromatic heterocycles. The van der Waals surface area contributed by atoms with Gasteiger partial charge < -0.3 is 4.74 Å². The largest absolute Gasteiger partial charge is 0.465 e. The van der Waals surface area contributed by atoms with E-state index in [9.17, 15) is 4.79 Å². The number of hydrogen-bond acceptors (Lipinski definition) is 2. The van der Waals surface area contributed by atoms with E-state index in [4.69, 9.17) is 4.74 Å². The van der Waals surface area contributed by atoms with Crippen molar-refractivity contribution in [2.45, 2.75) is 52.9 Å². The maximum absolute atomic E-state index is 11.7. The van der Waals surface area contributed by atoms with Gasteiger partial charge in [0.15, 0.2) is 0 Å². The minimum absolute atomic E-state index is 0.00375. The lowest BCUT2D eigenvalue weighted by atomic mass is 10.0. The van der Waals surface area contributed by atoms with Crippen LogP contribution in [0, 0.1) is 11.8 Å². The number of esters is 1. The fourth-order valence-corrected chi connectivity index (χ4v) is 1.68. The van der Waals surface area contributed by atoms with Crippen LogP contribution in [0.4, 0.5) is 0 Å². The van der Waals surface area contributed by atoms with Gasteiger partial charge in [0, 0.05) is 0 Å². The quantitative estimate of drug-likeness (QED) is 0.422. The van der Waals surface area contributed by atoms with Gasteiger partial charge in [-0.25, -0.2) is 0 Å². The monoisotopic (exact) mass is 252 g/mol. The summed E-state index contributed by atoms with van der Waals surface area (Å²) >= 11 is 0. The van der Waals surface area contributed by atoms with Crippen molar-refractivity contribution in [3.05, 3.63) is 24.8 Å². The van der Waals surface area contributed by atoms with Gasteiger partial charge in [0.2, 0.25) is 0 Å². The first-order valence-electron chi connectivity index (χ1n) is 6.89. The van der Waals surface area contributed by atoms with Gasteiger partial charge in [0.1, 0.15) is 0 Å². The van der Waals surface area contributed by atoms with Gasteiger partial charge in [-0.2, -0.15) is 0 Å². The SMILES string of the molecule is C=CCC[C@@H](C)COC(=O)[C@@H](C)CCCC(=C)C. The molecule has 0 bridgehead atoms. The highest BCUT2D eigenvalue weighted by atomic mass is 16.5. The average molecular weight is 252 g/mol. The molecule has 104 valence electrons. The molecule has 2 heteroatoms. The lowest BCUT2D eigenvalue weighted by Crippen LogP contribution is -2.18. The Morgan fingerprint density at radius 2 is 2.00 bits per heavy atom. The van der Waals surface area contributed by atoms with Gasteiger partial charge >= 0.3 is 5.97 Å². The first kappa shape index (κ1) is 16.9. The van der Waals surface area contributed by atoms with Crippen molar-refractivity contribution in [1.82, 2.24) is 0 Å². The van der Waals surface area contributed by atoms with E-state index in [0.29, 0.717) is 12.5 Å². The molecule has 0 amide bonds. The van der Waals surface area contributed by atoms with Gasteiger partial charge in [0.05, 0.1) is 12.5 Å². The number of hydrogen-bond donors (Lipinski definition) is 0. The Bertz CT molecular complexity index is 268. The summed E-state index contributed by atoms with van der Waals surface area (Å²) in [6, 6.07) is 0. The van der Waals surface area contributed by atoms with Crippen LogP contribution in [0.5, 0.6) is 0 Å². The van der Waals surface area contributed by atoms with Crippen LogP contribution in [0.2, 0.25) is 0 Å². The molecule has 0 aliphatic rings. The summed E-state index contributed by atoms with van der Waals surface area (Å²) in [4.78, 5) is 11.7. The van der Waals surface area contributed by atoms with Crippen LogP contribution in [0.25, 0.3) is 0 Å². The summed E-state index contributed by atoms with van der Waals surface area (Å²) in [7, 11) is 0. The van der Waals surface area contributed by atoms with Crippen molar-refractivity contribution in [3.8, 4) is 0 Å². The second-order valence-electron chi connectivity index (χ2n) is 5.35. The molecule has 0 N–H and O–H groups in total. The van der Waals surface area contributed by atoms with Crippen LogP contribution in [0.15, 0.2) is 24.8 Å². The highest BCUT2D eigenvalue weighted by molar-refractivity contribution is 5.71. The Morgan fingerprint density at radius 1 is 1.33 bits per heavy atom. The molecule has 0 aromatic carbocycles. The predicted octanol–water partition coefficient (Wildman–Crippen LogP) is 4.51. The summed E-state index contributed by atoms with van der Waals surface area (Å²) in [5.74, 6) is 0.340. The van der Waals surface area contributed by atoms with E-state index < -0.39 is 0 Å². The summed E-state index contributed by atoms with van der Waals surface area (Å²) in [6.07, 6.45) is 6.80. The van der Waals surface area contributed by atoms with Crippen LogP contribution in [-0.4, -0.2) is 12.6 Å². The molecule has 2 nitrogen and oxygen atoms in total. The topological polar surface area (TPSA) is 26.3 Å². The number of carbonyl (C=O) groups is 1. The van der Waals surface area contributed by atoms with Crippen LogP contribution in [-0.2, 0) is 9.53 Å². The zero-order valence-electron chi connectivity index (χ0n) is 12.2. The van der Waals surface area contributed by atoms with Crippen molar-refractivity contribution < 1.29 is 9.53 Å². The lowest BCUT2D eigenvalue weighted by Gasteiger charge is -2.14. The number of ether oxygens (including phenoxy) is 1. The maximum Gasteiger partial charge on any atom is 0.308 e. The lowest BCUT2D eigenvalue weighted by molar-refractivity contribution is -0.149. The zero-order chi connectivity index (χ0) is 14.0. The molecule has 0 aromatic rings. The van der Waals surface area contributed by atoms with Gasteiger partial charge in [-0.1, -0.05) is 25.5 Å². The van der Waals surface area contributed by atoms with Gasteiger partial charge in [0.25, 0.3) is 0 Å². The molecule has 0 aliphatic heterocycles. The van der Waals surface area contributed by atoms with Crippen molar-refractivity contribution in [1.29, 1.82) is 0 Å². The summed E-state index contributed by atoms with van der Waals surface area (Å²) < 4.78 is 5.32. The molecular weight excluding hydrogens is 224 g/mol. The van der Waals surface area contributed by atoms with E-state index >= 15 is 0 Å². The molecule has 0 fully saturated rings. The van der Waals surface area contributed by atoms with Crippen molar-refractivity contribution >= 4 is 5.97 Å². The predicted molar refractivity (Wildman–Crippen MR) is 77.4 cm³/mol. The first-order chi connectivity index (χ1) is 8.47. The van der Waals surface area contributed by atoms with Crippen molar-refractivity contribution in [3.63, 3.8) is 0 Å². The molecule has 0 rings (SSSR count). The Balaban J connectivity index is 3.73. The van der Waals surface area contributed by atoms with E-state index in [2.05, 4.69) is 20.1 Å². The van der Waals surface area contributed by atoms with Gasteiger partial charge in [-0.3, -0.25) is 4.79 Å². The van der Waals surface area contributed by atoms with Crippen LogP contribution in [0.1, 0.15) is 52.9 Å². The number of allylic oxidation sites excluding steroid dienone is 2. The third-order valence-corrected chi connectivity index (χ3v) is 3.02. The van der Waals surface area contributed by atoms with Crippen LogP contribution >= 0.6 is 0 Å². The Labute approximate surface area is 112 Å². The van der Waals surface area contributed by atoms with Crippen molar-refractivity contribution in [2.75, 3.05) is 6.61 Å². The average Bonchev–Trinajstić information content (AvgIpc) is 2.32. The van der Waals surface area contributed by atoms with E-state index in [1.807, 2.05) is 19.9 Å². The molecule has 0 saturated heterocycles. The standard InChI is InChI=1S/C16H28O2/c1-6-7-10-14(4)12-18-16(17)15(5)11-8-9-13(2)3/h6,14-15H,1-2,7-12H2,3-5H3/t14-,15+/m1/s1. The maximum atomic E-state index is 11.7. The Hall–Kier alpha value is -1.05. The third-order valence-electron chi connectivity index (χ3n) is 3.02. The smallest absolute Gasteiger partial charge is 0.308 e. The fourth-order valence-electron chi connectivity index (χ4n) is 1.68. The molecule has 0 saturated carbocycles. The molecule has 0 aliphatic carbocycles. The highest BCUT2D eigenvalue weighted by Gasteiger charge is 2.15. The van der Waals surface area contributed by atoms with Gasteiger partial charge in [-0.05, 0) is 44.9 Å². The molecule has 0 radical (unpaired) electrons. The summed E-state index contributed by atoms with van der Waals surface area (Å²) in [6.45, 7) is 14.1. The molecule has 0 heterocycles. The second-order valence-corrected chi connectivity index (χ2v) is 5.35. The van der Waals surface area contributed by atoms with E-state index in [1.165, 1.54) is 5.57 Å². The van der Waals surface area contributed by atoms with Crippen LogP contribution < -0.4 is 0 Å². The zero-order valence-corrected chi connectivity index (χ0v) is 12.2. The molecule has 0 unspecified atom stereocenters. The molecular formula is C16H28O2. The highest BCUT2D eigenvalue weighted by Crippen LogP contribution is 2.14. The van der Waals surface area contributed by atoms with E-state index in [1.54, 1.807) is 0 Å². The van der Waals surface area contributed by atoms with Gasteiger partial charge in [-0.15, -0.1) is 13.2 Å². The fraction of sp³-hybridized carbons (Fsp3) is 0.688. The summed E-state index contributed by atoms with van der Waals surface area (Å²) in [5, 5.41) is 0.